The van der Waals surface area contributed by atoms with Crippen LogP contribution in [0.25, 0.3) is 76.5 Å². The summed E-state index contributed by atoms with van der Waals surface area (Å²) in [5.41, 5.74) is 17.7. The summed E-state index contributed by atoms with van der Waals surface area (Å²) in [6, 6.07) is 113. The summed E-state index contributed by atoms with van der Waals surface area (Å²) in [6.45, 7) is 0. The van der Waals surface area contributed by atoms with E-state index in [9.17, 15) is 0 Å². The number of anilines is 10. The van der Waals surface area contributed by atoms with E-state index in [1.807, 2.05) is 0 Å². The highest BCUT2D eigenvalue weighted by Crippen LogP contribution is 2.44. The number of benzene rings is 14. The van der Waals surface area contributed by atoms with Crippen molar-refractivity contribution in [2.45, 2.75) is 0 Å². The first kappa shape index (κ1) is 47.7. The van der Waals surface area contributed by atoms with Gasteiger partial charge in [0.05, 0.1) is 11.4 Å². The molecule has 0 fully saturated rings. The van der Waals surface area contributed by atoms with Gasteiger partial charge in [0.1, 0.15) is 0 Å². The molecular weight excluding hydrogens is 969 g/mol. The molecule has 378 valence electrons. The Balaban J connectivity index is 0.767. The first-order valence-electron chi connectivity index (χ1n) is 27.3. The number of fused-ring (bicyclic) bond motifs is 4. The van der Waals surface area contributed by atoms with Gasteiger partial charge in [0.15, 0.2) is 0 Å². The van der Waals surface area contributed by atoms with Crippen LogP contribution in [0, 0.1) is 0 Å². The van der Waals surface area contributed by atoms with Crippen molar-refractivity contribution in [3.63, 3.8) is 0 Å². The minimum Gasteiger partial charge on any atom is -0.355 e. The molecule has 14 aromatic carbocycles. The van der Waals surface area contributed by atoms with Crippen LogP contribution in [-0.4, -0.2) is 0 Å². The molecular formula is C76H54N4. The Morgan fingerprint density at radius 3 is 0.863 bits per heavy atom. The summed E-state index contributed by atoms with van der Waals surface area (Å²) in [4.78, 5) is 4.74. The van der Waals surface area contributed by atoms with E-state index in [2.05, 4.69) is 336 Å². The molecule has 0 aliphatic carbocycles. The zero-order chi connectivity index (χ0) is 53.2. The summed E-state index contributed by atoms with van der Waals surface area (Å²) in [5.74, 6) is 0. The lowest BCUT2D eigenvalue weighted by Crippen LogP contribution is -2.10. The molecule has 0 saturated carbocycles. The van der Waals surface area contributed by atoms with Crippen molar-refractivity contribution in [1.82, 2.24) is 0 Å². The lowest BCUT2D eigenvalue weighted by Gasteiger charge is -2.28. The van der Waals surface area contributed by atoms with Gasteiger partial charge in [-0.05, 0) is 152 Å². The Morgan fingerprint density at radius 2 is 0.475 bits per heavy atom. The van der Waals surface area contributed by atoms with E-state index in [0.29, 0.717) is 0 Å². The Hall–Kier alpha value is -10.7. The molecule has 2 N–H and O–H groups in total. The van der Waals surface area contributed by atoms with Crippen LogP contribution >= 0.6 is 0 Å². The largest absolute Gasteiger partial charge is 0.355 e. The normalized spacial score (nSPS) is 11.2. The van der Waals surface area contributed by atoms with E-state index in [-0.39, 0.29) is 0 Å². The van der Waals surface area contributed by atoms with Crippen molar-refractivity contribution in [1.29, 1.82) is 0 Å². The highest BCUT2D eigenvalue weighted by atomic mass is 15.1. The van der Waals surface area contributed by atoms with Gasteiger partial charge < -0.3 is 20.4 Å². The molecule has 0 spiro atoms. The van der Waals surface area contributed by atoms with Gasteiger partial charge in [0.2, 0.25) is 0 Å². The van der Waals surface area contributed by atoms with Crippen LogP contribution in [0.1, 0.15) is 0 Å². The van der Waals surface area contributed by atoms with Crippen LogP contribution in [0.3, 0.4) is 0 Å². The van der Waals surface area contributed by atoms with Crippen molar-refractivity contribution in [3.8, 4) is 33.4 Å². The maximum atomic E-state index is 3.77. The van der Waals surface area contributed by atoms with Gasteiger partial charge in [0, 0.05) is 67.4 Å². The molecule has 14 aromatic rings. The third-order valence-corrected chi connectivity index (χ3v) is 15.4. The number of para-hydroxylation sites is 2. The highest BCUT2D eigenvalue weighted by molar-refractivity contribution is 6.03. The van der Waals surface area contributed by atoms with Gasteiger partial charge in [0.25, 0.3) is 0 Å². The predicted octanol–water partition coefficient (Wildman–Crippen LogP) is 21.7. The molecule has 14 rings (SSSR count). The monoisotopic (exact) mass is 1020 g/mol. The summed E-state index contributed by atoms with van der Waals surface area (Å²) in [7, 11) is 0. The van der Waals surface area contributed by atoms with Gasteiger partial charge in [-0.15, -0.1) is 0 Å². The molecule has 0 atom stereocenters. The fraction of sp³-hybridized carbons (Fsp3) is 0. The zero-order valence-corrected chi connectivity index (χ0v) is 43.9. The number of hydrogen-bond acceptors (Lipinski definition) is 4. The third kappa shape index (κ3) is 9.21. The molecule has 0 aliphatic heterocycles. The average Bonchev–Trinajstić information content (AvgIpc) is 3.58. The van der Waals surface area contributed by atoms with Crippen molar-refractivity contribution in [2.75, 3.05) is 20.4 Å². The third-order valence-electron chi connectivity index (χ3n) is 15.4. The molecule has 0 saturated heterocycles. The van der Waals surface area contributed by atoms with Crippen molar-refractivity contribution >= 4 is 100.0 Å². The fourth-order valence-corrected chi connectivity index (χ4v) is 11.5. The molecule has 0 unspecified atom stereocenters. The van der Waals surface area contributed by atoms with E-state index >= 15 is 0 Å². The maximum absolute atomic E-state index is 3.77. The van der Waals surface area contributed by atoms with Gasteiger partial charge in [-0.25, -0.2) is 0 Å². The molecule has 0 aromatic heterocycles. The van der Waals surface area contributed by atoms with Crippen molar-refractivity contribution in [3.05, 3.63) is 315 Å². The van der Waals surface area contributed by atoms with Crippen LogP contribution in [0.2, 0.25) is 0 Å². The molecule has 80 heavy (non-hydrogen) atoms. The molecule has 0 aliphatic rings. The molecule has 4 heteroatoms. The van der Waals surface area contributed by atoms with Crippen LogP contribution in [-0.2, 0) is 0 Å². The van der Waals surface area contributed by atoms with E-state index in [1.54, 1.807) is 0 Å². The molecule has 0 bridgehead atoms. The van der Waals surface area contributed by atoms with Crippen LogP contribution < -0.4 is 20.4 Å². The molecule has 0 heterocycles. The second kappa shape index (κ2) is 21.0. The average molecular weight is 1020 g/mol. The smallest absolute Gasteiger partial charge is 0.0540 e. The quantitative estimate of drug-likeness (QED) is 0.120. The molecule has 0 radical (unpaired) electrons. The van der Waals surface area contributed by atoms with E-state index in [0.717, 1.165) is 79.1 Å². The Morgan fingerprint density at radius 1 is 0.200 bits per heavy atom. The van der Waals surface area contributed by atoms with Crippen LogP contribution in [0.4, 0.5) is 56.9 Å². The van der Waals surface area contributed by atoms with E-state index in [1.165, 1.54) is 54.2 Å². The SMILES string of the molecule is c1ccc(-c2cccc3ccccc23)c(Nc2ccc(N(c3ccc(-c4ccc(N(c5ccc(Nc6ccccc6-c6cccc7ccccc67)cc5)c5cccc6ccccc56)cc4)cc3)c3cccc4ccccc34)cc2)c1. The summed E-state index contributed by atoms with van der Waals surface area (Å²) < 4.78 is 0. The van der Waals surface area contributed by atoms with E-state index < -0.39 is 0 Å². The first-order chi connectivity index (χ1) is 39.7. The topological polar surface area (TPSA) is 30.5 Å². The van der Waals surface area contributed by atoms with Crippen LogP contribution in [0.5, 0.6) is 0 Å². The minimum absolute atomic E-state index is 1.01. The molecule has 4 nitrogen and oxygen atoms in total. The minimum atomic E-state index is 1.01. The van der Waals surface area contributed by atoms with Gasteiger partial charge in [-0.3, -0.25) is 0 Å². The maximum Gasteiger partial charge on any atom is 0.0540 e. The number of nitrogens with one attached hydrogen (secondary N) is 2. The summed E-state index contributed by atoms with van der Waals surface area (Å²) in [6.07, 6.45) is 0. The zero-order valence-electron chi connectivity index (χ0n) is 43.9. The highest BCUT2D eigenvalue weighted by Gasteiger charge is 2.19. The Labute approximate surface area is 466 Å². The van der Waals surface area contributed by atoms with Crippen molar-refractivity contribution in [2.24, 2.45) is 0 Å². The van der Waals surface area contributed by atoms with E-state index in [4.69, 9.17) is 0 Å². The Bertz CT molecular complexity index is 4210. The van der Waals surface area contributed by atoms with Gasteiger partial charge in [-0.1, -0.05) is 218 Å². The first-order valence-corrected chi connectivity index (χ1v) is 27.3. The predicted molar refractivity (Wildman–Crippen MR) is 342 cm³/mol. The number of rotatable bonds is 13. The Kier molecular flexibility index (Phi) is 12.6. The molecule has 0 amide bonds. The van der Waals surface area contributed by atoms with Crippen molar-refractivity contribution < 1.29 is 0 Å². The second-order valence-corrected chi connectivity index (χ2v) is 20.2. The van der Waals surface area contributed by atoms with Crippen LogP contribution in [0.15, 0.2) is 315 Å². The summed E-state index contributed by atoms with van der Waals surface area (Å²) in [5, 5.41) is 17.2. The lowest BCUT2D eigenvalue weighted by molar-refractivity contribution is 1.29. The fourth-order valence-electron chi connectivity index (χ4n) is 11.5. The van der Waals surface area contributed by atoms with Gasteiger partial charge in [-0.2, -0.15) is 0 Å². The van der Waals surface area contributed by atoms with Gasteiger partial charge >= 0.3 is 0 Å². The lowest BCUT2D eigenvalue weighted by atomic mass is 9.97. The standard InChI is InChI=1S/C76H54N4/c1-5-25-65-55(17-1)21-13-31-69(65)71-29-9-11-33-73(71)77-59-41-49-63(50-42-59)79(75-35-15-23-57-19-3-7-27-67(57)75)61-45-37-53(38-46-61)54-39-47-62(48-40-54)80(76-36-16-24-58-20-4-8-28-68(58)76)64-51-43-60(44-52-64)78-74-34-12-10-30-72(74)70-32-14-22-56-18-2-6-26-66(56)70/h1-52,77-78H. The summed E-state index contributed by atoms with van der Waals surface area (Å²) >= 11 is 0. The second-order valence-electron chi connectivity index (χ2n) is 20.2. The number of hydrogen-bond donors (Lipinski definition) is 2. The number of nitrogens with zero attached hydrogens (tertiary/aromatic N) is 2.